The van der Waals surface area contributed by atoms with Gasteiger partial charge in [0, 0.05) is 51.6 Å². The number of anilines is 1. The Morgan fingerprint density at radius 3 is 2.58 bits per heavy atom. The molecular formula is C18H22N2O6. The van der Waals surface area contributed by atoms with Crippen molar-refractivity contribution in [2.75, 3.05) is 25.6 Å². The second-order valence-electron chi connectivity index (χ2n) is 6.06. The number of hydrogen-bond donors (Lipinski definition) is 2. The summed E-state index contributed by atoms with van der Waals surface area (Å²) in [6, 6.07) is 6.65. The van der Waals surface area contributed by atoms with Crippen molar-refractivity contribution in [1.82, 2.24) is 5.32 Å². The number of carbonyl (C=O) groups is 3. The highest BCUT2D eigenvalue weighted by Crippen LogP contribution is 2.22. The minimum Gasteiger partial charge on any atom is -0.419 e. The maximum absolute atomic E-state index is 12.1. The number of benzene rings is 1. The van der Waals surface area contributed by atoms with Crippen LogP contribution < -0.4 is 10.6 Å². The first kappa shape index (κ1) is 19.5. The molecule has 8 heteroatoms. The molecule has 1 aromatic carbocycles. The van der Waals surface area contributed by atoms with Crippen LogP contribution in [0, 0.1) is 0 Å². The Morgan fingerprint density at radius 1 is 1.23 bits per heavy atom. The van der Waals surface area contributed by atoms with Gasteiger partial charge in [-0.2, -0.15) is 0 Å². The summed E-state index contributed by atoms with van der Waals surface area (Å²) in [7, 11) is 1.60. The van der Waals surface area contributed by atoms with Gasteiger partial charge in [0.2, 0.25) is 0 Å². The molecule has 1 aliphatic rings. The van der Waals surface area contributed by atoms with Crippen molar-refractivity contribution in [3.05, 3.63) is 41.6 Å². The van der Waals surface area contributed by atoms with Gasteiger partial charge in [-0.25, -0.2) is 9.59 Å². The molecule has 1 aliphatic heterocycles. The monoisotopic (exact) mass is 362 g/mol. The van der Waals surface area contributed by atoms with Crippen LogP contribution in [-0.4, -0.2) is 43.9 Å². The summed E-state index contributed by atoms with van der Waals surface area (Å²) in [6.07, 6.45) is 1.92. The van der Waals surface area contributed by atoms with E-state index in [-0.39, 0.29) is 11.5 Å². The SMILES string of the molecule is COCCCNC(=O)c1cccc(NC=C2C(=O)OC(C)(C)OC2=O)c1. The number of hydrogen-bond acceptors (Lipinski definition) is 7. The minimum atomic E-state index is -1.29. The van der Waals surface area contributed by atoms with E-state index in [1.165, 1.54) is 20.0 Å². The Balaban J connectivity index is 2.01. The van der Waals surface area contributed by atoms with E-state index in [0.29, 0.717) is 30.8 Å². The Labute approximate surface area is 151 Å². The minimum absolute atomic E-state index is 0.226. The van der Waals surface area contributed by atoms with Gasteiger partial charge in [0.15, 0.2) is 5.57 Å². The molecule has 0 spiro atoms. The van der Waals surface area contributed by atoms with E-state index >= 15 is 0 Å². The molecule has 0 atom stereocenters. The van der Waals surface area contributed by atoms with Crippen LogP contribution in [0.3, 0.4) is 0 Å². The number of methoxy groups -OCH3 is 1. The van der Waals surface area contributed by atoms with Crippen molar-refractivity contribution in [3.8, 4) is 0 Å². The van der Waals surface area contributed by atoms with Crippen LogP contribution in [0.1, 0.15) is 30.6 Å². The number of esters is 2. The Hall–Kier alpha value is -2.87. The van der Waals surface area contributed by atoms with Crippen LogP contribution in [-0.2, 0) is 23.8 Å². The Bertz CT molecular complexity index is 704. The van der Waals surface area contributed by atoms with E-state index in [4.69, 9.17) is 14.2 Å². The molecule has 1 amide bonds. The third-order valence-corrected chi connectivity index (χ3v) is 3.44. The summed E-state index contributed by atoms with van der Waals surface area (Å²) in [5.74, 6) is -3.06. The van der Waals surface area contributed by atoms with E-state index in [1.807, 2.05) is 0 Å². The van der Waals surface area contributed by atoms with E-state index in [2.05, 4.69) is 10.6 Å². The van der Waals surface area contributed by atoms with Crippen LogP contribution in [0.25, 0.3) is 0 Å². The number of rotatable bonds is 7. The number of nitrogens with one attached hydrogen (secondary N) is 2. The largest absolute Gasteiger partial charge is 0.419 e. The summed E-state index contributed by atoms with van der Waals surface area (Å²) in [4.78, 5) is 35.9. The lowest BCUT2D eigenvalue weighted by atomic mass is 10.2. The summed E-state index contributed by atoms with van der Waals surface area (Å²) < 4.78 is 14.9. The predicted molar refractivity (Wildman–Crippen MR) is 93.2 cm³/mol. The number of cyclic esters (lactones) is 2. The average molecular weight is 362 g/mol. The fourth-order valence-corrected chi connectivity index (χ4v) is 2.20. The number of carbonyl (C=O) groups excluding carboxylic acids is 3. The molecule has 0 unspecified atom stereocenters. The molecule has 2 rings (SSSR count). The normalized spacial score (nSPS) is 15.7. The summed E-state index contributed by atoms with van der Waals surface area (Å²) in [5.41, 5.74) is 0.729. The van der Waals surface area contributed by atoms with Gasteiger partial charge in [0.1, 0.15) is 0 Å². The summed E-state index contributed by atoms with van der Waals surface area (Å²) >= 11 is 0. The maximum Gasteiger partial charge on any atom is 0.350 e. The molecule has 1 aromatic rings. The zero-order chi connectivity index (χ0) is 19.2. The molecule has 26 heavy (non-hydrogen) atoms. The van der Waals surface area contributed by atoms with Gasteiger partial charge >= 0.3 is 11.9 Å². The summed E-state index contributed by atoms with van der Waals surface area (Å²) in [6.45, 7) is 4.02. The zero-order valence-electron chi connectivity index (χ0n) is 15.0. The maximum atomic E-state index is 12.1. The first-order chi connectivity index (χ1) is 12.3. The molecule has 140 valence electrons. The topological polar surface area (TPSA) is 103 Å². The highest BCUT2D eigenvalue weighted by Gasteiger charge is 2.38. The third-order valence-electron chi connectivity index (χ3n) is 3.44. The van der Waals surface area contributed by atoms with Gasteiger partial charge < -0.3 is 24.8 Å². The second kappa shape index (κ2) is 8.48. The smallest absolute Gasteiger partial charge is 0.350 e. The molecule has 0 radical (unpaired) electrons. The first-order valence-electron chi connectivity index (χ1n) is 8.13. The summed E-state index contributed by atoms with van der Waals surface area (Å²) in [5, 5.41) is 5.59. The van der Waals surface area contributed by atoms with Crippen molar-refractivity contribution in [1.29, 1.82) is 0 Å². The van der Waals surface area contributed by atoms with Gasteiger partial charge in [0.25, 0.3) is 11.7 Å². The predicted octanol–water partition coefficient (Wildman–Crippen LogP) is 1.58. The van der Waals surface area contributed by atoms with Crippen LogP contribution in [0.2, 0.25) is 0 Å². The second-order valence-corrected chi connectivity index (χ2v) is 6.06. The van der Waals surface area contributed by atoms with Crippen LogP contribution in [0.5, 0.6) is 0 Å². The van der Waals surface area contributed by atoms with Crippen molar-refractivity contribution >= 4 is 23.5 Å². The molecular weight excluding hydrogens is 340 g/mol. The zero-order valence-corrected chi connectivity index (χ0v) is 15.0. The molecule has 0 aromatic heterocycles. The average Bonchev–Trinajstić information content (AvgIpc) is 2.57. The molecule has 1 heterocycles. The fraction of sp³-hybridized carbons (Fsp3) is 0.389. The lowest BCUT2D eigenvalue weighted by molar-refractivity contribution is -0.222. The van der Waals surface area contributed by atoms with Crippen LogP contribution in [0.4, 0.5) is 5.69 Å². The van der Waals surface area contributed by atoms with Gasteiger partial charge in [-0.1, -0.05) is 6.07 Å². The molecule has 1 saturated heterocycles. The molecule has 0 bridgehead atoms. The molecule has 0 aliphatic carbocycles. The van der Waals surface area contributed by atoms with E-state index in [0.717, 1.165) is 0 Å². The van der Waals surface area contributed by atoms with Gasteiger partial charge in [-0.05, 0) is 24.6 Å². The number of ether oxygens (including phenoxy) is 3. The van der Waals surface area contributed by atoms with E-state index in [9.17, 15) is 14.4 Å². The van der Waals surface area contributed by atoms with E-state index in [1.54, 1.807) is 31.4 Å². The van der Waals surface area contributed by atoms with Gasteiger partial charge in [0.05, 0.1) is 0 Å². The number of amides is 1. The first-order valence-corrected chi connectivity index (χ1v) is 8.13. The van der Waals surface area contributed by atoms with Crippen molar-refractivity contribution < 1.29 is 28.6 Å². The molecule has 1 fully saturated rings. The van der Waals surface area contributed by atoms with Crippen molar-refractivity contribution in [2.24, 2.45) is 0 Å². The van der Waals surface area contributed by atoms with Crippen LogP contribution >= 0.6 is 0 Å². The van der Waals surface area contributed by atoms with Gasteiger partial charge in [-0.3, -0.25) is 4.79 Å². The Morgan fingerprint density at radius 2 is 1.92 bits per heavy atom. The van der Waals surface area contributed by atoms with Crippen molar-refractivity contribution in [2.45, 2.75) is 26.1 Å². The lowest BCUT2D eigenvalue weighted by Crippen LogP contribution is -2.42. The quantitative estimate of drug-likeness (QED) is 0.328. The van der Waals surface area contributed by atoms with Crippen molar-refractivity contribution in [3.63, 3.8) is 0 Å². The highest BCUT2D eigenvalue weighted by molar-refractivity contribution is 6.15. The Kier molecular flexibility index (Phi) is 6.35. The van der Waals surface area contributed by atoms with Crippen LogP contribution in [0.15, 0.2) is 36.0 Å². The van der Waals surface area contributed by atoms with Gasteiger partial charge in [-0.15, -0.1) is 0 Å². The molecule has 8 nitrogen and oxygen atoms in total. The highest BCUT2D eigenvalue weighted by atomic mass is 16.7. The molecule has 2 N–H and O–H groups in total. The third kappa shape index (κ3) is 5.32. The standard InChI is InChI=1S/C18H22N2O6/c1-18(2)25-16(22)14(17(23)26-18)11-20-13-7-4-6-12(10-13)15(21)19-8-5-9-24-3/h4,6-7,10-11,20H,5,8-9H2,1-3H3,(H,19,21). The lowest BCUT2D eigenvalue weighted by Gasteiger charge is -2.29. The van der Waals surface area contributed by atoms with E-state index < -0.39 is 17.7 Å². The fourth-order valence-electron chi connectivity index (χ4n) is 2.20. The molecule has 0 saturated carbocycles.